The van der Waals surface area contributed by atoms with Gasteiger partial charge in [-0.25, -0.2) is 0 Å². The summed E-state index contributed by atoms with van der Waals surface area (Å²) in [4.78, 5) is 12.0. The molecule has 0 bridgehead atoms. The van der Waals surface area contributed by atoms with Gasteiger partial charge in [-0.1, -0.05) is 25.0 Å². The fourth-order valence-corrected chi connectivity index (χ4v) is 3.60. The van der Waals surface area contributed by atoms with Crippen LogP contribution in [-0.4, -0.2) is 12.4 Å². The highest BCUT2D eigenvalue weighted by Crippen LogP contribution is 2.30. The molecule has 0 amide bonds. The van der Waals surface area contributed by atoms with Gasteiger partial charge in [0.25, 0.3) is 0 Å². The predicted octanol–water partition coefficient (Wildman–Crippen LogP) is 4.09. The van der Waals surface area contributed by atoms with Gasteiger partial charge in [-0.05, 0) is 55.7 Å². The molecule has 0 heterocycles. The van der Waals surface area contributed by atoms with Crippen LogP contribution in [0.1, 0.15) is 56.1 Å². The van der Waals surface area contributed by atoms with Gasteiger partial charge >= 0.3 is 0 Å². The van der Waals surface area contributed by atoms with Crippen molar-refractivity contribution >= 4 is 5.78 Å². The summed E-state index contributed by atoms with van der Waals surface area (Å²) in [7, 11) is 0. The van der Waals surface area contributed by atoms with E-state index < -0.39 is 0 Å². The Hall–Kier alpha value is -1.31. The topological polar surface area (TPSA) is 26.3 Å². The molecule has 20 heavy (non-hydrogen) atoms. The van der Waals surface area contributed by atoms with E-state index >= 15 is 0 Å². The number of hydrogen-bond acceptors (Lipinski definition) is 2. The number of aryl methyl sites for hydroxylation is 1. The molecule has 0 saturated heterocycles. The Kier molecular flexibility index (Phi) is 4.39. The largest absolute Gasteiger partial charge is 0.493 e. The quantitative estimate of drug-likeness (QED) is 0.807. The van der Waals surface area contributed by atoms with Crippen molar-refractivity contribution in [2.24, 2.45) is 5.92 Å². The maximum absolute atomic E-state index is 12.0. The van der Waals surface area contributed by atoms with Crippen LogP contribution in [0.3, 0.4) is 0 Å². The van der Waals surface area contributed by atoms with Gasteiger partial charge in [0.15, 0.2) is 0 Å². The molecule has 0 radical (unpaired) electrons. The molecule has 2 nitrogen and oxygen atoms in total. The summed E-state index contributed by atoms with van der Waals surface area (Å²) in [6.07, 6.45) is 10.1. The average molecular weight is 272 g/mol. The van der Waals surface area contributed by atoms with E-state index in [0.717, 1.165) is 25.0 Å². The minimum atomic E-state index is 0.322. The molecule has 0 unspecified atom stereocenters. The predicted molar refractivity (Wildman–Crippen MR) is 80.2 cm³/mol. The number of carbonyl (C=O) groups excluding carboxylic acids is 1. The normalized spacial score (nSPS) is 18.8. The lowest BCUT2D eigenvalue weighted by Crippen LogP contribution is -2.15. The zero-order valence-electron chi connectivity index (χ0n) is 12.2. The third-order valence-electron chi connectivity index (χ3n) is 4.77. The Morgan fingerprint density at radius 3 is 2.75 bits per heavy atom. The second-order valence-corrected chi connectivity index (χ2v) is 6.15. The van der Waals surface area contributed by atoms with E-state index in [9.17, 15) is 4.79 Å². The second kappa shape index (κ2) is 6.43. The zero-order chi connectivity index (χ0) is 13.8. The van der Waals surface area contributed by atoms with Gasteiger partial charge in [0.1, 0.15) is 11.5 Å². The first-order chi connectivity index (χ1) is 9.84. The number of ketones is 1. The number of ether oxygens (including phenoxy) is 1. The van der Waals surface area contributed by atoms with Gasteiger partial charge in [-0.3, -0.25) is 4.79 Å². The molecule has 3 rings (SSSR count). The number of carbonyl (C=O) groups is 1. The van der Waals surface area contributed by atoms with Crippen molar-refractivity contribution in [3.05, 3.63) is 29.3 Å². The summed E-state index contributed by atoms with van der Waals surface area (Å²) in [5.74, 6) is 1.75. The van der Waals surface area contributed by atoms with Gasteiger partial charge in [0, 0.05) is 12.3 Å². The van der Waals surface area contributed by atoms with Crippen LogP contribution < -0.4 is 4.74 Å². The minimum Gasteiger partial charge on any atom is -0.493 e. The van der Waals surface area contributed by atoms with Crippen LogP contribution in [0.4, 0.5) is 0 Å². The Morgan fingerprint density at radius 2 is 1.90 bits per heavy atom. The lowest BCUT2D eigenvalue weighted by atomic mass is 9.91. The van der Waals surface area contributed by atoms with Crippen LogP contribution in [0.2, 0.25) is 0 Å². The molecular weight excluding hydrogens is 248 g/mol. The van der Waals surface area contributed by atoms with Crippen LogP contribution in [0.25, 0.3) is 0 Å². The summed E-state index contributed by atoms with van der Waals surface area (Å²) in [5.41, 5.74) is 2.82. The summed E-state index contributed by atoms with van der Waals surface area (Å²) in [5, 5.41) is 0. The van der Waals surface area contributed by atoms with E-state index in [-0.39, 0.29) is 0 Å². The second-order valence-electron chi connectivity index (χ2n) is 6.15. The highest BCUT2D eigenvalue weighted by molar-refractivity contribution is 5.81. The molecule has 2 heteroatoms. The lowest BCUT2D eigenvalue weighted by Gasteiger charge is -2.19. The molecule has 0 N–H and O–H groups in total. The number of Topliss-reactive ketones (excluding diaryl/α,β-unsaturated/α-hetero) is 1. The van der Waals surface area contributed by atoms with E-state index in [2.05, 4.69) is 18.2 Å². The molecule has 0 aliphatic heterocycles. The molecule has 1 fully saturated rings. The number of rotatable bonds is 5. The summed E-state index contributed by atoms with van der Waals surface area (Å²) >= 11 is 0. The van der Waals surface area contributed by atoms with Crippen molar-refractivity contribution in [2.45, 2.75) is 57.8 Å². The number of fused-ring (bicyclic) bond motifs is 1. The molecule has 1 saturated carbocycles. The molecule has 0 aromatic heterocycles. The van der Waals surface area contributed by atoms with Crippen molar-refractivity contribution < 1.29 is 9.53 Å². The Balaban J connectivity index is 1.54. The van der Waals surface area contributed by atoms with Gasteiger partial charge in [0.2, 0.25) is 0 Å². The van der Waals surface area contributed by atoms with Gasteiger partial charge in [0.05, 0.1) is 6.61 Å². The summed E-state index contributed by atoms with van der Waals surface area (Å²) in [6.45, 7) is 0.547. The fourth-order valence-electron chi connectivity index (χ4n) is 3.60. The highest BCUT2D eigenvalue weighted by Gasteiger charge is 2.22. The number of hydrogen-bond donors (Lipinski definition) is 0. The Bertz CT molecular complexity index is 472. The zero-order valence-corrected chi connectivity index (χ0v) is 12.2. The standard InChI is InChI=1S/C18H24O2/c19-17(15-7-1-2-8-15)12-13-20-18-11-5-9-14-6-3-4-10-16(14)18/h5,9,11,15H,1-4,6-8,10,12-13H2. The monoisotopic (exact) mass is 272 g/mol. The number of benzene rings is 1. The van der Waals surface area contributed by atoms with Crippen molar-refractivity contribution in [3.63, 3.8) is 0 Å². The lowest BCUT2D eigenvalue weighted by molar-refractivity contribution is -0.123. The Labute approximate surface area is 121 Å². The molecule has 0 atom stereocenters. The van der Waals surface area contributed by atoms with E-state index in [1.807, 2.05) is 0 Å². The molecule has 2 aliphatic carbocycles. The minimum absolute atomic E-state index is 0.322. The van der Waals surface area contributed by atoms with E-state index in [0.29, 0.717) is 24.7 Å². The van der Waals surface area contributed by atoms with E-state index in [1.54, 1.807) is 0 Å². The average Bonchev–Trinajstić information content (AvgIpc) is 3.02. The molecule has 1 aromatic carbocycles. The van der Waals surface area contributed by atoms with Crippen molar-refractivity contribution in [1.82, 2.24) is 0 Å². The van der Waals surface area contributed by atoms with Crippen LogP contribution in [0.15, 0.2) is 18.2 Å². The SMILES string of the molecule is O=C(CCOc1cccc2c1CCCC2)C1CCCC1. The smallest absolute Gasteiger partial charge is 0.139 e. The third kappa shape index (κ3) is 3.05. The van der Waals surface area contributed by atoms with Crippen molar-refractivity contribution in [2.75, 3.05) is 6.61 Å². The molecule has 1 aromatic rings. The first kappa shape index (κ1) is 13.7. The maximum atomic E-state index is 12.0. The summed E-state index contributed by atoms with van der Waals surface area (Å²) in [6, 6.07) is 6.35. The first-order valence-corrected chi connectivity index (χ1v) is 8.11. The fraction of sp³-hybridized carbons (Fsp3) is 0.611. The highest BCUT2D eigenvalue weighted by atomic mass is 16.5. The van der Waals surface area contributed by atoms with Gasteiger partial charge in [-0.2, -0.15) is 0 Å². The molecular formula is C18H24O2. The van der Waals surface area contributed by atoms with Gasteiger partial charge in [-0.15, -0.1) is 0 Å². The summed E-state index contributed by atoms with van der Waals surface area (Å²) < 4.78 is 5.91. The van der Waals surface area contributed by atoms with E-state index in [4.69, 9.17) is 4.74 Å². The van der Waals surface area contributed by atoms with Gasteiger partial charge < -0.3 is 4.74 Å². The van der Waals surface area contributed by atoms with Crippen LogP contribution in [0.5, 0.6) is 5.75 Å². The van der Waals surface area contributed by atoms with Crippen LogP contribution in [-0.2, 0) is 17.6 Å². The molecule has 2 aliphatic rings. The molecule has 0 spiro atoms. The van der Waals surface area contributed by atoms with Crippen LogP contribution >= 0.6 is 0 Å². The van der Waals surface area contributed by atoms with E-state index in [1.165, 1.54) is 43.2 Å². The molecule has 108 valence electrons. The Morgan fingerprint density at radius 1 is 1.10 bits per heavy atom. The third-order valence-corrected chi connectivity index (χ3v) is 4.77. The first-order valence-electron chi connectivity index (χ1n) is 8.11. The van der Waals surface area contributed by atoms with Crippen LogP contribution in [0, 0.1) is 5.92 Å². The van der Waals surface area contributed by atoms with Crippen molar-refractivity contribution in [1.29, 1.82) is 0 Å². The van der Waals surface area contributed by atoms with Crippen molar-refractivity contribution in [3.8, 4) is 5.75 Å². The maximum Gasteiger partial charge on any atom is 0.139 e.